The van der Waals surface area contributed by atoms with Crippen LogP contribution in [0.1, 0.15) is 28.4 Å². The number of aromatic amines is 1. The lowest BCUT2D eigenvalue weighted by Crippen LogP contribution is -2.18. The molecule has 2 nitrogen and oxygen atoms in total. The molecule has 5 heteroatoms. The summed E-state index contributed by atoms with van der Waals surface area (Å²) in [6.45, 7) is 0. The van der Waals surface area contributed by atoms with Crippen molar-refractivity contribution in [1.29, 1.82) is 0 Å². The summed E-state index contributed by atoms with van der Waals surface area (Å²) >= 11 is 0. The third kappa shape index (κ3) is 1.92. The molecule has 4 rings (SSSR count). The average Bonchev–Trinajstić information content (AvgIpc) is 2.81. The van der Waals surface area contributed by atoms with Gasteiger partial charge in [0.1, 0.15) is 5.82 Å². The van der Waals surface area contributed by atoms with Crippen LogP contribution < -0.4 is 0 Å². The van der Waals surface area contributed by atoms with Crippen LogP contribution in [0.5, 0.6) is 0 Å². The van der Waals surface area contributed by atoms with Gasteiger partial charge in [0, 0.05) is 5.92 Å². The van der Waals surface area contributed by atoms with Gasteiger partial charge in [0.2, 0.25) is 0 Å². The highest BCUT2D eigenvalue weighted by atomic mass is 19.4. The molecule has 0 fully saturated rings. The van der Waals surface area contributed by atoms with E-state index >= 15 is 0 Å². The van der Waals surface area contributed by atoms with Gasteiger partial charge in [0.15, 0.2) is 0 Å². The van der Waals surface area contributed by atoms with Crippen molar-refractivity contribution in [3.63, 3.8) is 0 Å². The highest BCUT2D eigenvalue weighted by Gasteiger charge is 2.32. The molecule has 0 amide bonds. The van der Waals surface area contributed by atoms with E-state index in [0.29, 0.717) is 11.0 Å². The Morgan fingerprint density at radius 3 is 2.67 bits per heavy atom. The summed E-state index contributed by atoms with van der Waals surface area (Å²) in [5.41, 5.74) is 2.83. The predicted octanol–water partition coefficient (Wildman–Crippen LogP) is 4.27. The highest BCUT2D eigenvalue weighted by molar-refractivity contribution is 5.76. The Kier molecular flexibility index (Phi) is 2.43. The maximum atomic E-state index is 12.7. The minimum Gasteiger partial charge on any atom is -0.341 e. The van der Waals surface area contributed by atoms with Gasteiger partial charge in [0.25, 0.3) is 0 Å². The van der Waals surface area contributed by atoms with Gasteiger partial charge < -0.3 is 4.98 Å². The molecule has 1 aromatic heterocycles. The Balaban J connectivity index is 1.76. The van der Waals surface area contributed by atoms with Crippen LogP contribution in [0.3, 0.4) is 0 Å². The molecule has 1 aliphatic rings. The molecular weight excluding hydrogens is 277 g/mol. The summed E-state index contributed by atoms with van der Waals surface area (Å²) in [4.78, 5) is 7.47. The first-order chi connectivity index (χ1) is 10.0. The number of fused-ring (bicyclic) bond motifs is 2. The molecule has 1 aliphatic carbocycles. The first kappa shape index (κ1) is 12.4. The quantitative estimate of drug-likeness (QED) is 0.711. The van der Waals surface area contributed by atoms with Gasteiger partial charge in [-0.1, -0.05) is 24.3 Å². The summed E-state index contributed by atoms with van der Waals surface area (Å²) < 4.78 is 38.2. The molecule has 0 bridgehead atoms. The molecule has 0 radical (unpaired) electrons. The summed E-state index contributed by atoms with van der Waals surface area (Å²) in [6, 6.07) is 11.7. The fraction of sp³-hybridized carbons (Fsp3) is 0.188. The number of aromatic nitrogens is 2. The van der Waals surface area contributed by atoms with Gasteiger partial charge in [-0.2, -0.15) is 13.2 Å². The van der Waals surface area contributed by atoms with E-state index in [-0.39, 0.29) is 5.92 Å². The Morgan fingerprint density at radius 2 is 1.90 bits per heavy atom. The van der Waals surface area contributed by atoms with Crippen LogP contribution >= 0.6 is 0 Å². The molecule has 0 spiro atoms. The van der Waals surface area contributed by atoms with Crippen molar-refractivity contribution in [2.75, 3.05) is 0 Å². The van der Waals surface area contributed by atoms with Gasteiger partial charge in [-0.25, -0.2) is 4.98 Å². The second kappa shape index (κ2) is 4.10. The molecule has 0 aliphatic heterocycles. The summed E-state index contributed by atoms with van der Waals surface area (Å²) in [6.07, 6.45) is -3.45. The van der Waals surface area contributed by atoms with Gasteiger partial charge in [-0.3, -0.25) is 0 Å². The van der Waals surface area contributed by atoms with Crippen molar-refractivity contribution in [1.82, 2.24) is 9.97 Å². The number of nitrogens with zero attached hydrogens (tertiary/aromatic N) is 1. The Morgan fingerprint density at radius 1 is 1.10 bits per heavy atom. The highest BCUT2D eigenvalue weighted by Crippen LogP contribution is 2.39. The largest absolute Gasteiger partial charge is 0.416 e. The zero-order chi connectivity index (χ0) is 14.6. The van der Waals surface area contributed by atoms with E-state index in [1.54, 1.807) is 0 Å². The Labute approximate surface area is 118 Å². The monoisotopic (exact) mass is 288 g/mol. The fourth-order valence-corrected chi connectivity index (χ4v) is 2.87. The number of nitrogens with one attached hydrogen (secondary N) is 1. The summed E-state index contributed by atoms with van der Waals surface area (Å²) in [5, 5.41) is 0. The lowest BCUT2D eigenvalue weighted by molar-refractivity contribution is -0.137. The lowest BCUT2D eigenvalue weighted by atomic mass is 9.77. The number of benzene rings is 2. The van der Waals surface area contributed by atoms with Gasteiger partial charge in [-0.05, 0) is 35.7 Å². The number of hydrogen-bond acceptors (Lipinski definition) is 1. The minimum atomic E-state index is -4.33. The third-order valence-electron chi connectivity index (χ3n) is 4.01. The smallest absolute Gasteiger partial charge is 0.341 e. The SMILES string of the molecule is FC(F)(F)c1ccc2nc(C3Cc4ccccc43)[nH]c2c1. The van der Waals surface area contributed by atoms with Crippen molar-refractivity contribution in [3.05, 3.63) is 65.0 Å². The first-order valence-corrected chi connectivity index (χ1v) is 6.67. The number of hydrogen-bond donors (Lipinski definition) is 1. The van der Waals surface area contributed by atoms with Crippen LogP contribution in [-0.4, -0.2) is 9.97 Å². The zero-order valence-corrected chi connectivity index (χ0v) is 10.9. The van der Waals surface area contributed by atoms with E-state index in [1.807, 2.05) is 18.2 Å². The molecular formula is C16H11F3N2. The molecule has 0 saturated carbocycles. The number of alkyl halides is 3. The van der Waals surface area contributed by atoms with E-state index in [0.717, 1.165) is 24.4 Å². The molecule has 2 aromatic carbocycles. The number of rotatable bonds is 1. The van der Waals surface area contributed by atoms with E-state index in [9.17, 15) is 13.2 Å². The second-order valence-electron chi connectivity index (χ2n) is 5.31. The van der Waals surface area contributed by atoms with Crippen LogP contribution in [0.4, 0.5) is 13.2 Å². The van der Waals surface area contributed by atoms with Crippen LogP contribution in [-0.2, 0) is 12.6 Å². The Bertz CT molecular complexity index is 833. The van der Waals surface area contributed by atoms with Crippen molar-refractivity contribution in [3.8, 4) is 0 Å². The number of halogens is 3. The summed E-state index contributed by atoms with van der Waals surface area (Å²) in [7, 11) is 0. The second-order valence-corrected chi connectivity index (χ2v) is 5.31. The van der Waals surface area contributed by atoms with Crippen LogP contribution in [0, 0.1) is 0 Å². The molecule has 1 unspecified atom stereocenters. The van der Waals surface area contributed by atoms with Crippen molar-refractivity contribution in [2.45, 2.75) is 18.5 Å². The molecule has 1 N–H and O–H groups in total. The van der Waals surface area contributed by atoms with Crippen LogP contribution in [0.15, 0.2) is 42.5 Å². The third-order valence-corrected chi connectivity index (χ3v) is 4.01. The summed E-state index contributed by atoms with van der Waals surface area (Å²) in [5.74, 6) is 0.894. The van der Waals surface area contributed by atoms with E-state index in [4.69, 9.17) is 0 Å². The van der Waals surface area contributed by atoms with Crippen molar-refractivity contribution < 1.29 is 13.2 Å². The number of H-pyrrole nitrogens is 1. The van der Waals surface area contributed by atoms with Crippen molar-refractivity contribution in [2.24, 2.45) is 0 Å². The molecule has 21 heavy (non-hydrogen) atoms. The molecule has 0 saturated heterocycles. The normalized spacial score (nSPS) is 17.6. The minimum absolute atomic E-state index is 0.155. The van der Waals surface area contributed by atoms with Crippen LogP contribution in [0.2, 0.25) is 0 Å². The maximum Gasteiger partial charge on any atom is 0.416 e. The van der Waals surface area contributed by atoms with Crippen molar-refractivity contribution >= 4 is 11.0 Å². The van der Waals surface area contributed by atoms with E-state index in [2.05, 4.69) is 16.0 Å². The predicted molar refractivity (Wildman–Crippen MR) is 73.1 cm³/mol. The van der Waals surface area contributed by atoms with Gasteiger partial charge >= 0.3 is 6.18 Å². The van der Waals surface area contributed by atoms with Crippen LogP contribution in [0.25, 0.3) is 11.0 Å². The topological polar surface area (TPSA) is 28.7 Å². The molecule has 3 aromatic rings. The van der Waals surface area contributed by atoms with E-state index < -0.39 is 11.7 Å². The lowest BCUT2D eigenvalue weighted by Gasteiger charge is -2.28. The van der Waals surface area contributed by atoms with Gasteiger partial charge in [-0.15, -0.1) is 0 Å². The Hall–Kier alpha value is -2.30. The zero-order valence-electron chi connectivity index (χ0n) is 10.9. The maximum absolute atomic E-state index is 12.7. The van der Waals surface area contributed by atoms with Gasteiger partial charge in [0.05, 0.1) is 16.6 Å². The first-order valence-electron chi connectivity index (χ1n) is 6.67. The molecule has 106 valence electrons. The molecule has 1 atom stereocenters. The van der Waals surface area contributed by atoms with E-state index in [1.165, 1.54) is 17.2 Å². The number of imidazole rings is 1. The average molecular weight is 288 g/mol. The standard InChI is InChI=1S/C16H11F3N2/c17-16(18,19)10-5-6-13-14(8-10)21-15(20-13)12-7-9-3-1-2-4-11(9)12/h1-6,8,12H,7H2,(H,20,21). The molecule has 1 heterocycles. The fourth-order valence-electron chi connectivity index (χ4n) is 2.87.